The Balaban J connectivity index is 1.60. The van der Waals surface area contributed by atoms with Crippen LogP contribution in [0.15, 0.2) is 47.3 Å². The molecule has 1 amide bonds. The Morgan fingerprint density at radius 3 is 2.80 bits per heavy atom. The summed E-state index contributed by atoms with van der Waals surface area (Å²) in [5.41, 5.74) is 3.78. The SMILES string of the molecule is O=C(Nc1sc2c(c1[C@H](c1cccnc1)N1CCOCC1)CCCC2)c1ccco1. The van der Waals surface area contributed by atoms with Gasteiger partial charge < -0.3 is 14.5 Å². The maximum absolute atomic E-state index is 12.8. The fraction of sp³-hybridized carbons (Fsp3) is 0.391. The number of thiophene rings is 1. The topological polar surface area (TPSA) is 67.6 Å². The molecule has 5 rings (SSSR count). The highest BCUT2D eigenvalue weighted by molar-refractivity contribution is 7.16. The quantitative estimate of drug-likeness (QED) is 0.663. The molecule has 3 aromatic rings. The number of carbonyl (C=O) groups excluding carboxylic acids is 1. The van der Waals surface area contributed by atoms with E-state index in [0.717, 1.165) is 49.7 Å². The predicted octanol–water partition coefficient (Wildman–Crippen LogP) is 4.29. The van der Waals surface area contributed by atoms with E-state index in [1.165, 1.54) is 35.1 Å². The molecule has 0 radical (unpaired) electrons. The molecule has 0 spiro atoms. The van der Waals surface area contributed by atoms with Crippen LogP contribution in [0.5, 0.6) is 0 Å². The molecule has 30 heavy (non-hydrogen) atoms. The molecule has 0 aromatic carbocycles. The van der Waals surface area contributed by atoms with Gasteiger partial charge in [0.25, 0.3) is 5.91 Å². The average Bonchev–Trinajstić information content (AvgIpc) is 3.45. The molecule has 0 unspecified atom stereocenters. The first-order valence-electron chi connectivity index (χ1n) is 10.5. The van der Waals surface area contributed by atoms with E-state index in [9.17, 15) is 4.79 Å². The highest BCUT2D eigenvalue weighted by atomic mass is 32.1. The van der Waals surface area contributed by atoms with Crippen LogP contribution in [0.2, 0.25) is 0 Å². The fourth-order valence-corrected chi connectivity index (χ4v) is 5.79. The predicted molar refractivity (Wildman–Crippen MR) is 116 cm³/mol. The molecule has 1 aliphatic heterocycles. The van der Waals surface area contributed by atoms with Crippen LogP contribution in [0.25, 0.3) is 0 Å². The van der Waals surface area contributed by atoms with Crippen molar-refractivity contribution in [3.8, 4) is 0 Å². The maximum atomic E-state index is 12.8. The second-order valence-corrected chi connectivity index (χ2v) is 8.83. The lowest BCUT2D eigenvalue weighted by Crippen LogP contribution is -2.40. The molecule has 1 saturated heterocycles. The molecule has 6 nitrogen and oxygen atoms in total. The second kappa shape index (κ2) is 8.71. The van der Waals surface area contributed by atoms with Gasteiger partial charge in [-0.15, -0.1) is 11.3 Å². The number of aromatic nitrogens is 1. The lowest BCUT2D eigenvalue weighted by molar-refractivity contribution is 0.0239. The van der Waals surface area contributed by atoms with Gasteiger partial charge in [-0.3, -0.25) is 14.7 Å². The van der Waals surface area contributed by atoms with Gasteiger partial charge in [0.1, 0.15) is 5.00 Å². The van der Waals surface area contributed by atoms with E-state index in [1.54, 1.807) is 23.5 Å². The molecule has 4 heterocycles. The van der Waals surface area contributed by atoms with E-state index in [4.69, 9.17) is 9.15 Å². The van der Waals surface area contributed by atoms with Gasteiger partial charge in [-0.25, -0.2) is 0 Å². The normalized spacial score (nSPS) is 18.0. The number of nitrogens with one attached hydrogen (secondary N) is 1. The third-order valence-corrected chi connectivity index (χ3v) is 7.09. The Labute approximate surface area is 179 Å². The molecular formula is C23H25N3O3S. The number of nitrogens with zero attached hydrogens (tertiary/aromatic N) is 2. The summed E-state index contributed by atoms with van der Waals surface area (Å²) in [4.78, 5) is 21.1. The number of fused-ring (bicyclic) bond motifs is 1. The van der Waals surface area contributed by atoms with Crippen LogP contribution in [-0.2, 0) is 17.6 Å². The number of carbonyl (C=O) groups is 1. The van der Waals surface area contributed by atoms with Crippen LogP contribution in [0, 0.1) is 0 Å². The first-order valence-corrected chi connectivity index (χ1v) is 11.3. The van der Waals surface area contributed by atoms with Gasteiger partial charge in [0.15, 0.2) is 5.76 Å². The Morgan fingerprint density at radius 2 is 2.03 bits per heavy atom. The molecule has 3 aromatic heterocycles. The number of rotatable bonds is 5. The van der Waals surface area contributed by atoms with Crippen LogP contribution >= 0.6 is 11.3 Å². The molecule has 156 valence electrons. The molecule has 1 fully saturated rings. The third-order valence-electron chi connectivity index (χ3n) is 5.87. The zero-order valence-electron chi connectivity index (χ0n) is 16.8. The van der Waals surface area contributed by atoms with Crippen molar-refractivity contribution >= 4 is 22.2 Å². The minimum absolute atomic E-state index is 0.0487. The van der Waals surface area contributed by atoms with Crippen molar-refractivity contribution in [1.82, 2.24) is 9.88 Å². The van der Waals surface area contributed by atoms with Gasteiger partial charge in [-0.2, -0.15) is 0 Å². The van der Waals surface area contributed by atoms with Gasteiger partial charge in [0.2, 0.25) is 0 Å². The molecule has 0 bridgehead atoms. The fourth-order valence-electron chi connectivity index (χ4n) is 4.48. The van der Waals surface area contributed by atoms with Crippen molar-refractivity contribution in [2.75, 3.05) is 31.6 Å². The number of ether oxygens (including phenoxy) is 1. The van der Waals surface area contributed by atoms with Gasteiger partial charge in [0.05, 0.1) is 25.5 Å². The minimum atomic E-state index is -0.202. The lowest BCUT2D eigenvalue weighted by atomic mass is 9.89. The number of morpholine rings is 1. The van der Waals surface area contributed by atoms with E-state index >= 15 is 0 Å². The maximum Gasteiger partial charge on any atom is 0.291 e. The number of hydrogen-bond donors (Lipinski definition) is 1. The van der Waals surface area contributed by atoms with Crippen molar-refractivity contribution in [3.63, 3.8) is 0 Å². The van der Waals surface area contributed by atoms with Crippen LogP contribution in [0.4, 0.5) is 5.00 Å². The van der Waals surface area contributed by atoms with E-state index in [-0.39, 0.29) is 11.9 Å². The summed E-state index contributed by atoms with van der Waals surface area (Å²) in [7, 11) is 0. The summed E-state index contributed by atoms with van der Waals surface area (Å²) in [6, 6.07) is 7.61. The van der Waals surface area contributed by atoms with Crippen LogP contribution in [0.1, 0.15) is 51.0 Å². The molecule has 2 aliphatic rings. The molecule has 1 aliphatic carbocycles. The van der Waals surface area contributed by atoms with Crippen molar-refractivity contribution < 1.29 is 13.9 Å². The van der Waals surface area contributed by atoms with Gasteiger partial charge in [0, 0.05) is 35.9 Å². The summed E-state index contributed by atoms with van der Waals surface area (Å²) in [6.07, 6.45) is 9.80. The molecule has 1 atom stereocenters. The molecule has 7 heteroatoms. The summed E-state index contributed by atoms with van der Waals surface area (Å²) < 4.78 is 10.9. The van der Waals surface area contributed by atoms with Gasteiger partial charge >= 0.3 is 0 Å². The molecule has 1 N–H and O–H groups in total. The van der Waals surface area contributed by atoms with Crippen molar-refractivity contribution in [2.45, 2.75) is 31.7 Å². The highest BCUT2D eigenvalue weighted by Crippen LogP contribution is 2.45. The number of furan rings is 1. The first-order chi connectivity index (χ1) is 14.8. The van der Waals surface area contributed by atoms with Crippen LogP contribution in [0.3, 0.4) is 0 Å². The van der Waals surface area contributed by atoms with Crippen molar-refractivity contribution in [2.24, 2.45) is 0 Å². The second-order valence-electron chi connectivity index (χ2n) is 7.72. The Hall–Kier alpha value is -2.48. The minimum Gasteiger partial charge on any atom is -0.459 e. The summed E-state index contributed by atoms with van der Waals surface area (Å²) in [5, 5.41) is 4.10. The number of hydrogen-bond acceptors (Lipinski definition) is 6. The van der Waals surface area contributed by atoms with E-state index in [1.807, 2.05) is 18.5 Å². The summed E-state index contributed by atoms with van der Waals surface area (Å²) in [5.74, 6) is 0.128. The van der Waals surface area contributed by atoms with Crippen LogP contribution < -0.4 is 5.32 Å². The largest absolute Gasteiger partial charge is 0.459 e. The number of aryl methyl sites for hydroxylation is 1. The van der Waals surface area contributed by atoms with E-state index < -0.39 is 0 Å². The number of pyridine rings is 1. The monoisotopic (exact) mass is 423 g/mol. The van der Waals surface area contributed by atoms with Crippen molar-refractivity contribution in [1.29, 1.82) is 0 Å². The first kappa shape index (κ1) is 19.5. The van der Waals surface area contributed by atoms with Gasteiger partial charge in [-0.1, -0.05) is 6.07 Å². The van der Waals surface area contributed by atoms with Gasteiger partial charge in [-0.05, 0) is 55.0 Å². The molecule has 0 saturated carbocycles. The molecular weight excluding hydrogens is 398 g/mol. The highest BCUT2D eigenvalue weighted by Gasteiger charge is 2.33. The number of anilines is 1. The standard InChI is InChI=1S/C23H25N3O3S/c27-22(18-7-4-12-29-18)25-23-20(17-6-1-2-8-19(17)30-23)21(16-5-3-9-24-15-16)26-10-13-28-14-11-26/h3-5,7,9,12,15,21H,1-2,6,8,10-11,13-14H2,(H,25,27)/t21-/m0/s1. The average molecular weight is 424 g/mol. The van der Waals surface area contributed by atoms with E-state index in [2.05, 4.69) is 21.3 Å². The van der Waals surface area contributed by atoms with E-state index in [0.29, 0.717) is 5.76 Å². The lowest BCUT2D eigenvalue weighted by Gasteiger charge is -2.36. The Bertz CT molecular complexity index is 994. The zero-order chi connectivity index (χ0) is 20.3. The van der Waals surface area contributed by atoms with Crippen LogP contribution in [-0.4, -0.2) is 42.1 Å². The summed E-state index contributed by atoms with van der Waals surface area (Å²) in [6.45, 7) is 3.15. The third kappa shape index (κ3) is 3.80. The number of amides is 1. The Morgan fingerprint density at radius 1 is 1.17 bits per heavy atom. The smallest absolute Gasteiger partial charge is 0.291 e. The van der Waals surface area contributed by atoms with Crippen molar-refractivity contribution in [3.05, 3.63) is 70.3 Å². The summed E-state index contributed by atoms with van der Waals surface area (Å²) >= 11 is 1.72. The zero-order valence-corrected chi connectivity index (χ0v) is 17.6. The Kier molecular flexibility index (Phi) is 5.66.